The van der Waals surface area contributed by atoms with Crippen LogP contribution >= 0.6 is 0 Å². The van der Waals surface area contributed by atoms with Gasteiger partial charge in [0.2, 0.25) is 11.8 Å². The molecule has 0 aromatic heterocycles. The van der Waals surface area contributed by atoms with Gasteiger partial charge in [0.1, 0.15) is 0 Å². The number of carbonyl (C=O) groups excluding carboxylic acids is 3. The summed E-state index contributed by atoms with van der Waals surface area (Å²) in [5, 5.41) is 5.68. The maximum absolute atomic E-state index is 12.8. The van der Waals surface area contributed by atoms with Crippen LogP contribution < -0.4 is 10.6 Å². The van der Waals surface area contributed by atoms with E-state index in [1.54, 1.807) is 29.2 Å². The van der Waals surface area contributed by atoms with Gasteiger partial charge in [0.05, 0.1) is 6.54 Å². The summed E-state index contributed by atoms with van der Waals surface area (Å²) in [6.07, 6.45) is 0. The minimum atomic E-state index is -0.174. The van der Waals surface area contributed by atoms with Crippen molar-refractivity contribution in [1.82, 2.24) is 9.80 Å². The van der Waals surface area contributed by atoms with Crippen molar-refractivity contribution in [2.45, 2.75) is 20.8 Å². The fourth-order valence-electron chi connectivity index (χ4n) is 3.50. The highest BCUT2D eigenvalue weighted by atomic mass is 16.2. The van der Waals surface area contributed by atoms with Crippen LogP contribution in [-0.4, -0.2) is 60.2 Å². The first-order valence-corrected chi connectivity index (χ1v) is 10.1. The highest BCUT2D eigenvalue weighted by molar-refractivity contribution is 5.97. The first kappa shape index (κ1) is 21.5. The molecular weight excluding hydrogens is 380 g/mol. The van der Waals surface area contributed by atoms with E-state index >= 15 is 0 Å². The molecule has 3 rings (SSSR count). The van der Waals surface area contributed by atoms with E-state index in [4.69, 9.17) is 0 Å². The van der Waals surface area contributed by atoms with Gasteiger partial charge in [-0.1, -0.05) is 18.2 Å². The van der Waals surface area contributed by atoms with Crippen molar-refractivity contribution < 1.29 is 14.4 Å². The summed E-state index contributed by atoms with van der Waals surface area (Å²) < 4.78 is 0. The molecule has 158 valence electrons. The third-order valence-electron chi connectivity index (χ3n) is 5.34. The van der Waals surface area contributed by atoms with Gasteiger partial charge in [0.25, 0.3) is 5.91 Å². The van der Waals surface area contributed by atoms with E-state index in [9.17, 15) is 14.4 Å². The first-order valence-electron chi connectivity index (χ1n) is 10.1. The maximum atomic E-state index is 12.8. The standard InChI is InChI=1S/C23H28N4O3/c1-16-6-4-9-21(17(16)2)25-22(29)15-26-10-12-27(13-11-26)23(30)19-7-5-8-20(14-19)24-18(3)28/h4-9,14H,10-13,15H2,1-3H3,(H,24,28)(H,25,29). The van der Waals surface area contributed by atoms with Crippen LogP contribution in [0.5, 0.6) is 0 Å². The molecule has 7 heteroatoms. The normalized spacial score (nSPS) is 14.3. The lowest BCUT2D eigenvalue weighted by Gasteiger charge is -2.34. The van der Waals surface area contributed by atoms with E-state index in [1.165, 1.54) is 6.92 Å². The summed E-state index contributed by atoms with van der Waals surface area (Å²) in [5.41, 5.74) is 4.20. The molecule has 1 saturated heterocycles. The monoisotopic (exact) mass is 408 g/mol. The summed E-state index contributed by atoms with van der Waals surface area (Å²) in [7, 11) is 0. The number of nitrogens with one attached hydrogen (secondary N) is 2. The number of hydrogen-bond donors (Lipinski definition) is 2. The molecule has 2 aromatic rings. The van der Waals surface area contributed by atoms with Crippen LogP contribution in [0.4, 0.5) is 11.4 Å². The fraction of sp³-hybridized carbons (Fsp3) is 0.348. The molecule has 2 aromatic carbocycles. The molecule has 0 unspecified atom stereocenters. The lowest BCUT2D eigenvalue weighted by atomic mass is 10.1. The average Bonchev–Trinajstić information content (AvgIpc) is 2.71. The van der Waals surface area contributed by atoms with Crippen LogP contribution in [0.2, 0.25) is 0 Å². The predicted octanol–water partition coefficient (Wildman–Crippen LogP) is 2.66. The van der Waals surface area contributed by atoms with E-state index in [1.807, 2.05) is 32.0 Å². The smallest absolute Gasteiger partial charge is 0.254 e. The predicted molar refractivity (Wildman–Crippen MR) is 118 cm³/mol. The largest absolute Gasteiger partial charge is 0.336 e. The first-order chi connectivity index (χ1) is 14.3. The summed E-state index contributed by atoms with van der Waals surface area (Å²) in [4.78, 5) is 40.3. The molecule has 0 radical (unpaired) electrons. The molecule has 2 N–H and O–H groups in total. The van der Waals surface area contributed by atoms with Crippen molar-refractivity contribution in [3.05, 3.63) is 59.2 Å². The highest BCUT2D eigenvalue weighted by Gasteiger charge is 2.23. The van der Waals surface area contributed by atoms with Gasteiger partial charge in [-0.2, -0.15) is 0 Å². The number of carbonyl (C=O) groups is 3. The third kappa shape index (κ3) is 5.45. The van der Waals surface area contributed by atoms with E-state index in [0.29, 0.717) is 44.0 Å². The topological polar surface area (TPSA) is 81.8 Å². The van der Waals surface area contributed by atoms with Crippen molar-refractivity contribution >= 4 is 29.1 Å². The second-order valence-electron chi connectivity index (χ2n) is 7.63. The molecule has 7 nitrogen and oxygen atoms in total. The van der Waals surface area contributed by atoms with Gasteiger partial charge >= 0.3 is 0 Å². The van der Waals surface area contributed by atoms with Gasteiger partial charge in [-0.15, -0.1) is 0 Å². The van der Waals surface area contributed by atoms with Gasteiger partial charge in [-0.3, -0.25) is 19.3 Å². The van der Waals surface area contributed by atoms with Crippen molar-refractivity contribution in [2.75, 3.05) is 43.4 Å². The van der Waals surface area contributed by atoms with Crippen molar-refractivity contribution in [3.63, 3.8) is 0 Å². The molecular formula is C23H28N4O3. The minimum Gasteiger partial charge on any atom is -0.336 e. The van der Waals surface area contributed by atoms with Gasteiger partial charge < -0.3 is 15.5 Å². The van der Waals surface area contributed by atoms with Crippen molar-refractivity contribution in [1.29, 1.82) is 0 Å². The van der Waals surface area contributed by atoms with E-state index < -0.39 is 0 Å². The number of nitrogens with zero attached hydrogens (tertiary/aromatic N) is 2. The fourth-order valence-corrected chi connectivity index (χ4v) is 3.50. The quantitative estimate of drug-likeness (QED) is 0.797. The second-order valence-corrected chi connectivity index (χ2v) is 7.63. The van der Waals surface area contributed by atoms with Crippen LogP contribution in [0.25, 0.3) is 0 Å². The van der Waals surface area contributed by atoms with Crippen LogP contribution in [0.3, 0.4) is 0 Å². The van der Waals surface area contributed by atoms with Crippen molar-refractivity contribution in [3.8, 4) is 0 Å². The lowest BCUT2D eigenvalue weighted by Crippen LogP contribution is -2.50. The number of benzene rings is 2. The van der Waals surface area contributed by atoms with Gasteiger partial charge in [-0.25, -0.2) is 0 Å². The van der Waals surface area contributed by atoms with Crippen LogP contribution in [-0.2, 0) is 9.59 Å². The second kappa shape index (κ2) is 9.54. The molecule has 0 atom stereocenters. The number of rotatable bonds is 5. The zero-order chi connectivity index (χ0) is 21.7. The van der Waals surface area contributed by atoms with Crippen LogP contribution in [0, 0.1) is 13.8 Å². The summed E-state index contributed by atoms with van der Waals surface area (Å²) in [5.74, 6) is -0.291. The molecule has 1 aliphatic rings. The van der Waals surface area contributed by atoms with Gasteiger partial charge in [-0.05, 0) is 49.2 Å². The summed E-state index contributed by atoms with van der Waals surface area (Å²) >= 11 is 0. The Morgan fingerprint density at radius 1 is 0.933 bits per heavy atom. The molecule has 0 saturated carbocycles. The molecule has 30 heavy (non-hydrogen) atoms. The Kier molecular flexibility index (Phi) is 6.84. The Balaban J connectivity index is 1.52. The summed E-state index contributed by atoms with van der Waals surface area (Å²) in [6, 6.07) is 12.8. The summed E-state index contributed by atoms with van der Waals surface area (Å²) in [6.45, 7) is 8.13. The zero-order valence-corrected chi connectivity index (χ0v) is 17.7. The van der Waals surface area contributed by atoms with E-state index in [0.717, 1.165) is 16.8 Å². The molecule has 1 fully saturated rings. The number of amides is 3. The lowest BCUT2D eigenvalue weighted by molar-refractivity contribution is -0.117. The Labute approximate surface area is 177 Å². The molecule has 1 aliphatic heterocycles. The molecule has 0 bridgehead atoms. The highest BCUT2D eigenvalue weighted by Crippen LogP contribution is 2.18. The maximum Gasteiger partial charge on any atom is 0.254 e. The van der Waals surface area contributed by atoms with Gasteiger partial charge in [0, 0.05) is 50.0 Å². The Hall–Kier alpha value is -3.19. The Morgan fingerprint density at radius 2 is 1.63 bits per heavy atom. The number of piperazine rings is 1. The molecule has 0 spiro atoms. The van der Waals surface area contributed by atoms with E-state index in [2.05, 4.69) is 15.5 Å². The molecule has 0 aliphatic carbocycles. The number of aryl methyl sites for hydroxylation is 1. The minimum absolute atomic E-state index is 0.0496. The average molecular weight is 409 g/mol. The van der Waals surface area contributed by atoms with Crippen LogP contribution in [0.1, 0.15) is 28.4 Å². The van der Waals surface area contributed by atoms with Crippen LogP contribution in [0.15, 0.2) is 42.5 Å². The van der Waals surface area contributed by atoms with Crippen molar-refractivity contribution in [2.24, 2.45) is 0 Å². The molecule has 3 amide bonds. The van der Waals surface area contributed by atoms with Gasteiger partial charge in [0.15, 0.2) is 0 Å². The zero-order valence-electron chi connectivity index (χ0n) is 17.7. The number of hydrogen-bond acceptors (Lipinski definition) is 4. The SMILES string of the molecule is CC(=O)Nc1cccc(C(=O)N2CCN(CC(=O)Nc3cccc(C)c3C)CC2)c1. The Bertz CT molecular complexity index is 949. The Morgan fingerprint density at radius 3 is 2.33 bits per heavy atom. The number of anilines is 2. The third-order valence-corrected chi connectivity index (χ3v) is 5.34. The van der Waals surface area contributed by atoms with E-state index in [-0.39, 0.29) is 17.7 Å². The molecule has 1 heterocycles.